The van der Waals surface area contributed by atoms with E-state index in [2.05, 4.69) is 5.32 Å². The first-order valence-corrected chi connectivity index (χ1v) is 33.4. The van der Waals surface area contributed by atoms with Gasteiger partial charge in [0.25, 0.3) is 5.91 Å². The Hall–Kier alpha value is -5.62. The first-order chi connectivity index (χ1) is 47.6. The summed E-state index contributed by atoms with van der Waals surface area (Å²) in [5, 5.41) is 11.7. The summed E-state index contributed by atoms with van der Waals surface area (Å²) in [5.74, 6) is -13.2. The van der Waals surface area contributed by atoms with Crippen molar-refractivity contribution in [3.63, 3.8) is 0 Å². The van der Waals surface area contributed by atoms with Gasteiger partial charge in [0.15, 0.2) is 11.5 Å². The monoisotopic (exact) mass is 1460 g/mol. The lowest BCUT2D eigenvalue weighted by molar-refractivity contribution is -0.284. The number of rotatable bonds is 63. The fraction of sp³-hybridized carbons (Fsp3) is 0.761. The second-order valence-corrected chi connectivity index (χ2v) is 23.4. The maximum Gasteiger partial charge on any atom is 0.453 e. The predicted octanol–water partition coefficient (Wildman–Crippen LogP) is 11.7. The number of carbonyl (C=O) groups is 4. The van der Waals surface area contributed by atoms with E-state index < -0.39 is 84.7 Å². The Morgan fingerprint density at radius 3 is 1.24 bits per heavy atom. The minimum Gasteiger partial charge on any atom is -0.492 e. The number of hydrogen-bond acceptors (Lipinski definition) is 21. The van der Waals surface area contributed by atoms with Crippen molar-refractivity contribution in [2.45, 2.75) is 141 Å². The zero-order valence-corrected chi connectivity index (χ0v) is 58.3. The molecule has 0 saturated carbocycles. The minimum atomic E-state index is -5.69. The van der Waals surface area contributed by atoms with E-state index in [1.165, 1.54) is 24.3 Å². The number of unbranched alkanes of at least 4 members (excludes halogenated alkanes) is 6. The Bertz CT molecular complexity index is 2440. The van der Waals surface area contributed by atoms with Gasteiger partial charge in [-0.2, -0.15) is 43.9 Å². The van der Waals surface area contributed by atoms with E-state index in [1.807, 2.05) is 27.7 Å². The first-order valence-electron chi connectivity index (χ1n) is 33.4. The van der Waals surface area contributed by atoms with E-state index in [1.54, 1.807) is 14.2 Å². The molecule has 0 aromatic heterocycles. The molecule has 2 aromatic rings. The maximum atomic E-state index is 14.2. The molecule has 0 heterocycles. The van der Waals surface area contributed by atoms with E-state index in [4.69, 9.17) is 85.6 Å². The summed E-state index contributed by atoms with van der Waals surface area (Å²) in [7, 11) is 3.14. The number of esters is 2. The normalized spacial score (nSPS) is 13.4. The van der Waals surface area contributed by atoms with Crippen molar-refractivity contribution < 1.29 is 149 Å². The molecule has 23 nitrogen and oxygen atoms in total. The van der Waals surface area contributed by atoms with Gasteiger partial charge in [-0.1, -0.05) is 46.5 Å². The number of halogens is 10. The lowest BCUT2D eigenvalue weighted by Crippen LogP contribution is -2.40. The molecule has 0 bridgehead atoms. The molecule has 0 radical (unpaired) electrons. The lowest BCUT2D eigenvalue weighted by atomic mass is 9.89. The average Bonchev–Trinajstić information content (AvgIpc) is 0.822. The number of hydrogen-bond donors (Lipinski definition) is 2. The highest BCUT2D eigenvalue weighted by Crippen LogP contribution is 2.42. The molecular formula is C67H103F10NO22. The maximum absolute atomic E-state index is 14.2. The number of methoxy groups -OCH3 is 2. The Morgan fingerprint density at radius 1 is 0.420 bits per heavy atom. The second kappa shape index (κ2) is 50.7. The molecule has 0 fully saturated rings. The molecule has 0 aliphatic heterocycles. The number of alkyl halides is 10. The predicted molar refractivity (Wildman–Crippen MR) is 342 cm³/mol. The lowest BCUT2D eigenvalue weighted by Gasteiger charge is -2.35. The molecule has 33 heteroatoms. The van der Waals surface area contributed by atoms with Crippen LogP contribution in [0.15, 0.2) is 30.3 Å². The van der Waals surface area contributed by atoms with Gasteiger partial charge in [0.2, 0.25) is 5.75 Å². The van der Waals surface area contributed by atoms with Gasteiger partial charge in [-0.05, 0) is 75.8 Å². The number of carbonyl (C=O) groups excluding carboxylic acids is 3. The third kappa shape index (κ3) is 39.7. The smallest absolute Gasteiger partial charge is 0.453 e. The van der Waals surface area contributed by atoms with Gasteiger partial charge in [-0.15, -0.1) is 0 Å². The molecule has 1 amide bonds. The minimum absolute atomic E-state index is 0.0233. The Morgan fingerprint density at radius 2 is 0.830 bits per heavy atom. The average molecular weight is 1460 g/mol. The van der Waals surface area contributed by atoms with Crippen LogP contribution in [0, 0.1) is 5.41 Å². The highest BCUT2D eigenvalue weighted by Gasteiger charge is 2.57. The molecule has 2 rings (SSSR count). The van der Waals surface area contributed by atoms with Crippen LogP contribution in [-0.4, -0.2) is 245 Å². The van der Waals surface area contributed by atoms with Crippen molar-refractivity contribution in [3.8, 4) is 23.0 Å². The quantitative estimate of drug-likeness (QED) is 0.0354. The highest BCUT2D eigenvalue weighted by atomic mass is 19.4. The first kappa shape index (κ1) is 90.5. The van der Waals surface area contributed by atoms with E-state index in [9.17, 15) is 63.1 Å². The zero-order chi connectivity index (χ0) is 74.2. The number of benzene rings is 2. The summed E-state index contributed by atoms with van der Waals surface area (Å²) in [6.45, 7) is 11.8. The Kier molecular flexibility index (Phi) is 45.9. The molecule has 0 aliphatic carbocycles. The summed E-state index contributed by atoms with van der Waals surface area (Å²) in [6.07, 6.45) is -13.8. The Balaban J connectivity index is 2.44. The van der Waals surface area contributed by atoms with Gasteiger partial charge in [0.1, 0.15) is 32.2 Å². The number of nitrogens with one attached hydrogen (secondary N) is 1. The van der Waals surface area contributed by atoms with Gasteiger partial charge in [0.05, 0.1) is 168 Å². The molecule has 2 aromatic carbocycles. The van der Waals surface area contributed by atoms with Crippen LogP contribution in [-0.2, 0) is 66.4 Å². The highest BCUT2D eigenvalue weighted by molar-refractivity contribution is 5.96. The molecule has 0 spiro atoms. The van der Waals surface area contributed by atoms with Crippen molar-refractivity contribution in [2.75, 3.05) is 186 Å². The molecule has 2 atom stereocenters. The summed E-state index contributed by atoms with van der Waals surface area (Å²) >= 11 is 0. The molecule has 100 heavy (non-hydrogen) atoms. The summed E-state index contributed by atoms with van der Waals surface area (Å²) in [5.41, 5.74) is -1.84. The van der Waals surface area contributed by atoms with Crippen LogP contribution in [0.5, 0.6) is 23.0 Å². The van der Waals surface area contributed by atoms with E-state index in [0.717, 1.165) is 6.07 Å². The number of carboxylic acids is 1. The van der Waals surface area contributed by atoms with Crippen LogP contribution < -0.4 is 24.3 Å². The van der Waals surface area contributed by atoms with Gasteiger partial charge >= 0.3 is 42.1 Å². The van der Waals surface area contributed by atoms with E-state index >= 15 is 0 Å². The van der Waals surface area contributed by atoms with Crippen molar-refractivity contribution in [1.29, 1.82) is 0 Å². The third-order valence-corrected chi connectivity index (χ3v) is 14.9. The summed E-state index contributed by atoms with van der Waals surface area (Å²) in [6, 6.07) is 6.38. The van der Waals surface area contributed by atoms with Crippen molar-refractivity contribution in [1.82, 2.24) is 5.32 Å². The SMILES string of the molecule is CCC(C)(COCCOCCC(=O)O)COC(C)(CC)COc1c(OCCOCCOCCOCCOC)cc(C(=O)NCCOc2cc(C(=O)OCCCCCCC(F)(F)C(F)(F)F)cc(C(=O)OCCCCCCC(F)(F)C(F)(F)F)c2)cc1OCCOCCOCCOCCOC. The fourth-order valence-corrected chi connectivity index (χ4v) is 8.36. The molecule has 0 saturated heterocycles. The molecular weight excluding hydrogens is 1360 g/mol. The van der Waals surface area contributed by atoms with Gasteiger partial charge in [0, 0.05) is 38.0 Å². The van der Waals surface area contributed by atoms with Gasteiger partial charge < -0.3 is 90.9 Å². The standard InChI is InChI=1S/C67H103F10NO22/c1-7-62(3,48-93-38-37-86-23-17-57(79)80)49-100-63(4,8-2)50-99-58-55(95-41-39-91-35-33-89-31-29-87-27-25-84-5)46-51(47-56(58)96-42-40-92-36-34-90-32-30-88-28-26-85-6)59(81)78-20-24-94-54-44-52(60(82)97-21-15-11-9-13-18-64(68,69)66(72,73)74)43-53(45-54)61(83)98-22-16-12-10-14-19-65(70,71)67(75,76)77/h43-47H,7-42,48-50H2,1-6H3,(H,78,81)(H,79,80). The number of amides is 1. The molecule has 0 aliphatic rings. The van der Waals surface area contributed by atoms with Crippen LogP contribution in [0.1, 0.15) is 142 Å². The number of carboxylic acid groups (broad SMARTS) is 1. The van der Waals surface area contributed by atoms with E-state index in [-0.39, 0.29) is 197 Å². The zero-order valence-electron chi connectivity index (χ0n) is 58.3. The number of aliphatic carboxylic acids is 1. The van der Waals surface area contributed by atoms with Gasteiger partial charge in [-0.3, -0.25) is 9.59 Å². The van der Waals surface area contributed by atoms with Crippen LogP contribution in [0.25, 0.3) is 0 Å². The third-order valence-electron chi connectivity index (χ3n) is 14.9. The molecule has 2 unspecified atom stereocenters. The fourth-order valence-electron chi connectivity index (χ4n) is 8.36. The van der Waals surface area contributed by atoms with Crippen molar-refractivity contribution in [3.05, 3.63) is 47.0 Å². The number of ether oxygens (including phenoxy) is 17. The molecule has 578 valence electrons. The van der Waals surface area contributed by atoms with Crippen LogP contribution in [0.2, 0.25) is 0 Å². The van der Waals surface area contributed by atoms with Crippen molar-refractivity contribution >= 4 is 23.8 Å². The van der Waals surface area contributed by atoms with Crippen LogP contribution in [0.3, 0.4) is 0 Å². The van der Waals surface area contributed by atoms with E-state index in [0.29, 0.717) is 72.3 Å². The summed E-state index contributed by atoms with van der Waals surface area (Å²) in [4.78, 5) is 51.8. The molecule has 2 N–H and O–H groups in total. The Labute approximate surface area is 578 Å². The summed E-state index contributed by atoms with van der Waals surface area (Å²) < 4.78 is 226. The van der Waals surface area contributed by atoms with Gasteiger partial charge in [-0.25, -0.2) is 9.59 Å². The van der Waals surface area contributed by atoms with Crippen LogP contribution in [0.4, 0.5) is 43.9 Å². The largest absolute Gasteiger partial charge is 0.492 e. The second-order valence-electron chi connectivity index (χ2n) is 23.4. The van der Waals surface area contributed by atoms with Crippen molar-refractivity contribution in [2.24, 2.45) is 5.41 Å². The van der Waals surface area contributed by atoms with Crippen LogP contribution >= 0.6 is 0 Å². The topological polar surface area (TPSA) is 257 Å².